The van der Waals surface area contributed by atoms with Gasteiger partial charge in [-0.3, -0.25) is 4.79 Å². The molecule has 1 aliphatic carbocycles. The van der Waals surface area contributed by atoms with Gasteiger partial charge in [-0.05, 0) is 31.0 Å². The summed E-state index contributed by atoms with van der Waals surface area (Å²) in [6, 6.07) is 2.45. The fraction of sp³-hybridized carbons (Fsp3) is 0.562. The number of rotatable bonds is 5. The van der Waals surface area contributed by atoms with Crippen molar-refractivity contribution in [2.75, 3.05) is 7.11 Å². The van der Waals surface area contributed by atoms with Crippen LogP contribution < -0.4 is 14.8 Å². The molecule has 0 heterocycles. The summed E-state index contributed by atoms with van der Waals surface area (Å²) in [6.45, 7) is -3.07. The standard InChI is InChI=1S/C16H18F5NO3/c1-24-13-8-9(6-7-12(13)25-15(17)18)14(23)22-11-5-3-2-4-10(11)16(19,20)21/h6-8,10-11,15H,2-5H2,1H3,(H,22,23). The molecule has 9 heteroatoms. The summed E-state index contributed by atoms with van der Waals surface area (Å²) in [5.74, 6) is -2.68. The van der Waals surface area contributed by atoms with Crippen LogP contribution in [0.15, 0.2) is 18.2 Å². The van der Waals surface area contributed by atoms with Crippen molar-refractivity contribution in [1.29, 1.82) is 0 Å². The molecule has 1 fully saturated rings. The van der Waals surface area contributed by atoms with Gasteiger partial charge in [-0.25, -0.2) is 0 Å². The van der Waals surface area contributed by atoms with Gasteiger partial charge in [0, 0.05) is 11.6 Å². The van der Waals surface area contributed by atoms with Crippen molar-refractivity contribution >= 4 is 5.91 Å². The van der Waals surface area contributed by atoms with Crippen molar-refractivity contribution in [1.82, 2.24) is 5.32 Å². The lowest BCUT2D eigenvalue weighted by atomic mass is 9.84. The predicted octanol–water partition coefficient (Wildman–Crippen LogP) is 4.15. The third kappa shape index (κ3) is 4.96. The summed E-state index contributed by atoms with van der Waals surface area (Å²) in [7, 11) is 1.20. The Morgan fingerprint density at radius 3 is 2.48 bits per heavy atom. The van der Waals surface area contributed by atoms with Crippen LogP contribution >= 0.6 is 0 Å². The fourth-order valence-corrected chi connectivity index (χ4v) is 2.95. The summed E-state index contributed by atoms with van der Waals surface area (Å²) >= 11 is 0. The number of hydrogen-bond donors (Lipinski definition) is 1. The van der Waals surface area contributed by atoms with Gasteiger partial charge >= 0.3 is 12.8 Å². The number of nitrogens with one attached hydrogen (secondary N) is 1. The van der Waals surface area contributed by atoms with E-state index in [4.69, 9.17) is 4.74 Å². The van der Waals surface area contributed by atoms with E-state index in [0.29, 0.717) is 12.8 Å². The Hall–Kier alpha value is -2.06. The normalized spacial score (nSPS) is 21.1. The van der Waals surface area contributed by atoms with Crippen LogP contribution in [0, 0.1) is 5.92 Å². The number of alkyl halides is 5. The third-order valence-electron chi connectivity index (χ3n) is 4.14. The molecule has 0 aliphatic heterocycles. The van der Waals surface area contributed by atoms with Crippen LogP contribution in [0.4, 0.5) is 22.0 Å². The highest BCUT2D eigenvalue weighted by Gasteiger charge is 2.46. The van der Waals surface area contributed by atoms with E-state index in [9.17, 15) is 26.7 Å². The minimum absolute atomic E-state index is 0.00460. The average molecular weight is 367 g/mol. The smallest absolute Gasteiger partial charge is 0.393 e. The summed E-state index contributed by atoms with van der Waals surface area (Å²) in [5, 5.41) is 2.40. The largest absolute Gasteiger partial charge is 0.493 e. The highest BCUT2D eigenvalue weighted by atomic mass is 19.4. The zero-order chi connectivity index (χ0) is 18.6. The molecule has 2 rings (SSSR count). The number of carbonyl (C=O) groups is 1. The lowest BCUT2D eigenvalue weighted by molar-refractivity contribution is -0.187. The van der Waals surface area contributed by atoms with E-state index in [-0.39, 0.29) is 29.9 Å². The molecule has 2 atom stereocenters. The summed E-state index contributed by atoms with van der Waals surface area (Å²) in [4.78, 5) is 12.3. The fourth-order valence-electron chi connectivity index (χ4n) is 2.95. The molecule has 1 aromatic rings. The first-order chi connectivity index (χ1) is 11.7. The molecule has 0 bridgehead atoms. The van der Waals surface area contributed by atoms with Gasteiger partial charge in [-0.2, -0.15) is 22.0 Å². The topological polar surface area (TPSA) is 47.6 Å². The van der Waals surface area contributed by atoms with Crippen LogP contribution in [0.3, 0.4) is 0 Å². The highest BCUT2D eigenvalue weighted by molar-refractivity contribution is 5.95. The first-order valence-electron chi connectivity index (χ1n) is 7.72. The van der Waals surface area contributed by atoms with Crippen molar-refractivity contribution in [3.8, 4) is 11.5 Å². The number of amides is 1. The molecule has 2 unspecified atom stereocenters. The second kappa shape index (κ2) is 7.88. The number of methoxy groups -OCH3 is 1. The van der Waals surface area contributed by atoms with Gasteiger partial charge in [0.05, 0.1) is 13.0 Å². The van der Waals surface area contributed by atoms with Crippen LogP contribution in [-0.4, -0.2) is 31.8 Å². The number of carbonyl (C=O) groups excluding carboxylic acids is 1. The molecule has 1 saturated carbocycles. The Bertz CT molecular complexity index is 606. The Balaban J connectivity index is 2.14. The first-order valence-corrected chi connectivity index (χ1v) is 7.72. The Morgan fingerprint density at radius 1 is 1.20 bits per heavy atom. The van der Waals surface area contributed by atoms with Crippen LogP contribution in [0.2, 0.25) is 0 Å². The molecule has 0 aromatic heterocycles. The van der Waals surface area contributed by atoms with Crippen molar-refractivity contribution in [3.63, 3.8) is 0 Å². The summed E-state index contributed by atoms with van der Waals surface area (Å²) < 4.78 is 73.0. The Morgan fingerprint density at radius 2 is 1.88 bits per heavy atom. The van der Waals surface area contributed by atoms with Gasteiger partial charge in [0.15, 0.2) is 11.5 Å². The third-order valence-corrected chi connectivity index (χ3v) is 4.14. The van der Waals surface area contributed by atoms with Crippen molar-refractivity contribution in [2.24, 2.45) is 5.92 Å². The number of halogens is 5. The maximum absolute atomic E-state index is 13.1. The Labute approximate surface area is 141 Å². The molecule has 1 aliphatic rings. The van der Waals surface area contributed by atoms with E-state index >= 15 is 0 Å². The average Bonchev–Trinajstić information content (AvgIpc) is 2.54. The molecular formula is C16H18F5NO3. The molecule has 1 N–H and O–H groups in total. The Kier molecular flexibility index (Phi) is 6.07. The lowest BCUT2D eigenvalue weighted by Gasteiger charge is -2.33. The minimum atomic E-state index is -4.38. The van der Waals surface area contributed by atoms with E-state index in [1.54, 1.807) is 0 Å². The second-order valence-electron chi connectivity index (χ2n) is 5.76. The second-order valence-corrected chi connectivity index (χ2v) is 5.76. The van der Waals surface area contributed by atoms with Gasteiger partial charge in [-0.1, -0.05) is 12.8 Å². The van der Waals surface area contributed by atoms with Gasteiger partial charge in [-0.15, -0.1) is 0 Å². The van der Waals surface area contributed by atoms with Crippen LogP contribution in [0.1, 0.15) is 36.0 Å². The molecule has 1 amide bonds. The molecule has 0 saturated heterocycles. The number of hydrogen-bond acceptors (Lipinski definition) is 3. The molecule has 4 nitrogen and oxygen atoms in total. The molecule has 0 radical (unpaired) electrons. The van der Waals surface area contributed by atoms with E-state index in [2.05, 4.69) is 10.1 Å². The van der Waals surface area contributed by atoms with Crippen molar-refractivity contribution < 1.29 is 36.2 Å². The molecular weight excluding hydrogens is 349 g/mol. The predicted molar refractivity (Wildman–Crippen MR) is 78.9 cm³/mol. The van der Waals surface area contributed by atoms with E-state index in [1.165, 1.54) is 13.2 Å². The molecule has 25 heavy (non-hydrogen) atoms. The molecule has 140 valence electrons. The van der Waals surface area contributed by atoms with Gasteiger partial charge in [0.1, 0.15) is 0 Å². The van der Waals surface area contributed by atoms with Crippen molar-refractivity contribution in [3.05, 3.63) is 23.8 Å². The van der Waals surface area contributed by atoms with Crippen LogP contribution in [0.5, 0.6) is 11.5 Å². The zero-order valence-corrected chi connectivity index (χ0v) is 13.4. The highest BCUT2D eigenvalue weighted by Crippen LogP contribution is 2.38. The van der Waals surface area contributed by atoms with Crippen molar-refractivity contribution in [2.45, 2.75) is 44.5 Å². The van der Waals surface area contributed by atoms with Crippen LogP contribution in [0.25, 0.3) is 0 Å². The summed E-state index contributed by atoms with van der Waals surface area (Å²) in [6.07, 6.45) is -3.12. The van der Waals surface area contributed by atoms with Crippen LogP contribution in [-0.2, 0) is 0 Å². The number of ether oxygens (including phenoxy) is 2. The lowest BCUT2D eigenvalue weighted by Crippen LogP contribution is -2.47. The maximum Gasteiger partial charge on any atom is 0.393 e. The van der Waals surface area contributed by atoms with Gasteiger partial charge in [0.25, 0.3) is 5.91 Å². The summed E-state index contributed by atoms with van der Waals surface area (Å²) in [5.41, 5.74) is 0.00460. The molecule has 0 spiro atoms. The monoisotopic (exact) mass is 367 g/mol. The quantitative estimate of drug-likeness (QED) is 0.796. The van der Waals surface area contributed by atoms with E-state index < -0.39 is 30.7 Å². The zero-order valence-electron chi connectivity index (χ0n) is 13.4. The van der Waals surface area contributed by atoms with Gasteiger partial charge in [0.2, 0.25) is 0 Å². The maximum atomic E-state index is 13.1. The van der Waals surface area contributed by atoms with E-state index in [1.807, 2.05) is 0 Å². The van der Waals surface area contributed by atoms with Gasteiger partial charge < -0.3 is 14.8 Å². The first kappa shape index (κ1) is 19.3. The minimum Gasteiger partial charge on any atom is -0.493 e. The number of benzene rings is 1. The molecule has 1 aromatic carbocycles. The van der Waals surface area contributed by atoms with E-state index in [0.717, 1.165) is 12.1 Å². The SMILES string of the molecule is COc1cc(C(=O)NC2CCCCC2C(F)(F)F)ccc1OC(F)F.